The van der Waals surface area contributed by atoms with Crippen molar-refractivity contribution in [2.24, 2.45) is 0 Å². The Hall–Kier alpha value is -2.20. The van der Waals surface area contributed by atoms with Gasteiger partial charge in [0.05, 0.1) is 6.61 Å². The summed E-state index contributed by atoms with van der Waals surface area (Å²) in [6, 6.07) is 16.4. The molecule has 4 heteroatoms. The molecule has 0 radical (unpaired) electrons. The number of fused-ring (bicyclic) bond motifs is 1. The number of likely N-dealkylation sites (tertiary alicyclic amines) is 1. The zero-order valence-electron chi connectivity index (χ0n) is 15.0. The molecule has 0 N–H and O–H groups in total. The summed E-state index contributed by atoms with van der Waals surface area (Å²) in [4.78, 5) is 16.1. The molecular weight excluding hydrogens is 342 g/mol. The molecule has 4 rings (SSSR count). The van der Waals surface area contributed by atoms with Crippen LogP contribution < -0.4 is 4.74 Å². The van der Waals surface area contributed by atoms with E-state index in [9.17, 15) is 4.79 Å². The van der Waals surface area contributed by atoms with Crippen molar-refractivity contribution in [2.75, 3.05) is 25.4 Å². The summed E-state index contributed by atoms with van der Waals surface area (Å²) in [5.74, 6) is 2.40. The highest BCUT2D eigenvalue weighted by Gasteiger charge is 2.24. The molecule has 0 bridgehead atoms. The van der Waals surface area contributed by atoms with Gasteiger partial charge in [0, 0.05) is 47.0 Å². The Morgan fingerprint density at radius 2 is 2.08 bits per heavy atom. The van der Waals surface area contributed by atoms with Gasteiger partial charge >= 0.3 is 0 Å². The highest BCUT2D eigenvalue weighted by atomic mass is 32.2. The number of benzene rings is 2. The van der Waals surface area contributed by atoms with Crippen LogP contribution in [0, 0.1) is 0 Å². The van der Waals surface area contributed by atoms with Crippen LogP contribution >= 0.6 is 11.8 Å². The molecule has 1 saturated heterocycles. The first-order valence-corrected chi connectivity index (χ1v) is 10.1. The number of allylic oxidation sites excluding steroid dienone is 2. The lowest BCUT2D eigenvalue weighted by Crippen LogP contribution is -2.19. The average Bonchev–Trinajstić information content (AvgIpc) is 3.18. The van der Waals surface area contributed by atoms with E-state index in [-0.39, 0.29) is 5.78 Å². The molecule has 2 aliphatic rings. The van der Waals surface area contributed by atoms with Gasteiger partial charge in [-0.25, -0.2) is 0 Å². The minimum absolute atomic E-state index is 0.0487. The van der Waals surface area contributed by atoms with Gasteiger partial charge in [0.25, 0.3) is 0 Å². The van der Waals surface area contributed by atoms with Crippen molar-refractivity contribution in [1.82, 2.24) is 4.90 Å². The summed E-state index contributed by atoms with van der Waals surface area (Å²) >= 11 is 1.78. The minimum Gasteiger partial charge on any atom is -0.492 e. The number of hydrogen-bond donors (Lipinski definition) is 0. The van der Waals surface area contributed by atoms with E-state index >= 15 is 0 Å². The quantitative estimate of drug-likeness (QED) is 0.578. The van der Waals surface area contributed by atoms with E-state index in [1.807, 2.05) is 25.1 Å². The zero-order chi connectivity index (χ0) is 17.9. The monoisotopic (exact) mass is 365 g/mol. The molecule has 2 heterocycles. The van der Waals surface area contributed by atoms with Gasteiger partial charge in [-0.2, -0.15) is 0 Å². The molecule has 0 aliphatic carbocycles. The third-order valence-electron chi connectivity index (χ3n) is 5.12. The van der Waals surface area contributed by atoms with Crippen molar-refractivity contribution in [3.63, 3.8) is 0 Å². The van der Waals surface area contributed by atoms with Gasteiger partial charge in [-0.1, -0.05) is 30.3 Å². The standard InChI is InChI=1S/C22H23NO2S/c1-16(23-10-9-19(15-23)17-5-3-2-4-6-17)13-20(24)18-7-8-22-21(14-18)25-11-12-26-22/h2-8,13-14,19H,9-12,15H2,1H3/b16-13+. The van der Waals surface area contributed by atoms with Crippen molar-refractivity contribution in [2.45, 2.75) is 24.2 Å². The first kappa shape index (κ1) is 17.2. The summed E-state index contributed by atoms with van der Waals surface area (Å²) in [5.41, 5.74) is 3.13. The third kappa shape index (κ3) is 3.65. The third-order valence-corrected chi connectivity index (χ3v) is 6.14. The second kappa shape index (κ2) is 7.58. The topological polar surface area (TPSA) is 29.5 Å². The normalized spacial score (nSPS) is 19.8. The van der Waals surface area contributed by atoms with E-state index in [1.165, 1.54) is 5.56 Å². The fraction of sp³-hybridized carbons (Fsp3) is 0.318. The molecule has 26 heavy (non-hydrogen) atoms. The number of ether oxygens (including phenoxy) is 1. The van der Waals surface area contributed by atoms with Gasteiger partial charge in [0.15, 0.2) is 5.78 Å². The maximum absolute atomic E-state index is 12.7. The van der Waals surface area contributed by atoms with Crippen molar-refractivity contribution >= 4 is 17.5 Å². The van der Waals surface area contributed by atoms with Gasteiger partial charge in [-0.3, -0.25) is 4.79 Å². The Morgan fingerprint density at radius 3 is 2.92 bits per heavy atom. The summed E-state index contributed by atoms with van der Waals surface area (Å²) in [7, 11) is 0. The van der Waals surface area contributed by atoms with E-state index in [1.54, 1.807) is 17.8 Å². The van der Waals surface area contributed by atoms with E-state index in [4.69, 9.17) is 4.74 Å². The van der Waals surface area contributed by atoms with Crippen LogP contribution in [0.4, 0.5) is 0 Å². The molecule has 2 aliphatic heterocycles. The smallest absolute Gasteiger partial charge is 0.187 e. The molecule has 134 valence electrons. The molecule has 0 saturated carbocycles. The predicted octanol–water partition coefficient (Wildman–Crippen LogP) is 4.75. The van der Waals surface area contributed by atoms with Gasteiger partial charge in [-0.05, 0) is 37.1 Å². The number of thioether (sulfide) groups is 1. The van der Waals surface area contributed by atoms with Crippen LogP contribution in [-0.4, -0.2) is 36.1 Å². The lowest BCUT2D eigenvalue weighted by Gasteiger charge is -2.20. The van der Waals surface area contributed by atoms with Crippen LogP contribution in [0.5, 0.6) is 5.75 Å². The molecule has 1 fully saturated rings. The van der Waals surface area contributed by atoms with E-state index in [0.29, 0.717) is 18.1 Å². The van der Waals surface area contributed by atoms with E-state index in [0.717, 1.165) is 41.6 Å². The van der Waals surface area contributed by atoms with Gasteiger partial charge in [-0.15, -0.1) is 11.8 Å². The Bertz CT molecular complexity index is 831. The lowest BCUT2D eigenvalue weighted by molar-refractivity contribution is 0.104. The van der Waals surface area contributed by atoms with Crippen LogP contribution in [0.15, 0.2) is 65.2 Å². The van der Waals surface area contributed by atoms with Crippen LogP contribution in [0.1, 0.15) is 35.2 Å². The number of carbonyl (C=O) groups excluding carboxylic acids is 1. The van der Waals surface area contributed by atoms with Crippen molar-refractivity contribution < 1.29 is 9.53 Å². The molecule has 3 nitrogen and oxygen atoms in total. The van der Waals surface area contributed by atoms with Crippen molar-refractivity contribution in [3.8, 4) is 5.75 Å². The molecule has 0 aromatic heterocycles. The summed E-state index contributed by atoms with van der Waals surface area (Å²) in [5, 5.41) is 0. The number of rotatable bonds is 4. The summed E-state index contributed by atoms with van der Waals surface area (Å²) in [6.07, 6.45) is 2.90. The SMILES string of the molecule is C/C(=C\C(=O)c1ccc2c(c1)OCCS2)N1CCC(c2ccccc2)C1. The highest BCUT2D eigenvalue weighted by molar-refractivity contribution is 7.99. The number of hydrogen-bond acceptors (Lipinski definition) is 4. The second-order valence-electron chi connectivity index (χ2n) is 6.85. The summed E-state index contributed by atoms with van der Waals surface area (Å²) < 4.78 is 5.68. The molecule has 0 spiro atoms. The fourth-order valence-corrected chi connectivity index (χ4v) is 4.45. The average molecular weight is 365 g/mol. The fourth-order valence-electron chi connectivity index (χ4n) is 3.64. The molecule has 2 aromatic rings. The molecule has 0 amide bonds. The van der Waals surface area contributed by atoms with Gasteiger partial charge in [0.1, 0.15) is 5.75 Å². The zero-order valence-corrected chi connectivity index (χ0v) is 15.8. The Morgan fingerprint density at radius 1 is 1.23 bits per heavy atom. The van der Waals surface area contributed by atoms with Crippen molar-refractivity contribution in [1.29, 1.82) is 0 Å². The minimum atomic E-state index is 0.0487. The van der Waals surface area contributed by atoms with Crippen LogP contribution in [0.2, 0.25) is 0 Å². The van der Waals surface area contributed by atoms with E-state index in [2.05, 4.69) is 35.2 Å². The first-order valence-electron chi connectivity index (χ1n) is 9.13. The van der Waals surface area contributed by atoms with Crippen LogP contribution in [0.25, 0.3) is 0 Å². The van der Waals surface area contributed by atoms with Gasteiger partial charge in [0.2, 0.25) is 0 Å². The maximum Gasteiger partial charge on any atom is 0.187 e. The number of carbonyl (C=O) groups is 1. The lowest BCUT2D eigenvalue weighted by atomic mass is 9.99. The predicted molar refractivity (Wildman–Crippen MR) is 106 cm³/mol. The largest absolute Gasteiger partial charge is 0.492 e. The molecule has 2 aromatic carbocycles. The Kier molecular flexibility index (Phi) is 5.02. The van der Waals surface area contributed by atoms with Gasteiger partial charge < -0.3 is 9.64 Å². The molecule has 1 unspecified atom stereocenters. The van der Waals surface area contributed by atoms with E-state index < -0.39 is 0 Å². The maximum atomic E-state index is 12.7. The molecule has 1 atom stereocenters. The number of nitrogens with zero attached hydrogens (tertiary/aromatic N) is 1. The Labute approximate surface area is 159 Å². The molecular formula is C22H23NO2S. The van der Waals surface area contributed by atoms with Crippen LogP contribution in [0.3, 0.4) is 0 Å². The summed E-state index contributed by atoms with van der Waals surface area (Å²) in [6.45, 7) is 4.72. The van der Waals surface area contributed by atoms with Crippen molar-refractivity contribution in [3.05, 3.63) is 71.4 Å². The first-order chi connectivity index (χ1) is 12.7. The highest BCUT2D eigenvalue weighted by Crippen LogP contribution is 2.34. The Balaban J connectivity index is 1.45. The number of ketones is 1. The van der Waals surface area contributed by atoms with Crippen LogP contribution in [-0.2, 0) is 0 Å². The second-order valence-corrected chi connectivity index (χ2v) is 7.99.